The molecule has 4 nitrogen and oxygen atoms in total. The molecule has 0 radical (unpaired) electrons. The molecule has 0 saturated carbocycles. The number of ether oxygens (including phenoxy) is 1. The maximum Gasteiger partial charge on any atom is 0.334 e. The molecule has 0 unspecified atom stereocenters. The summed E-state index contributed by atoms with van der Waals surface area (Å²) in [4.78, 5) is 12.3. The van der Waals surface area contributed by atoms with Crippen LogP contribution in [0.2, 0.25) is 10.0 Å². The van der Waals surface area contributed by atoms with Gasteiger partial charge in [-0.3, -0.25) is 0 Å². The van der Waals surface area contributed by atoms with Crippen LogP contribution < -0.4 is 0 Å². The van der Waals surface area contributed by atoms with E-state index in [0.29, 0.717) is 39.8 Å². The van der Waals surface area contributed by atoms with Crippen LogP contribution in [0.15, 0.2) is 52.9 Å². The molecule has 0 aliphatic carbocycles. The summed E-state index contributed by atoms with van der Waals surface area (Å²) in [6, 6.07) is 11.5. The third-order valence-corrected chi connectivity index (χ3v) is 5.78. The molecule has 1 fully saturated rings. The number of rotatable bonds is 3. The quantitative estimate of drug-likeness (QED) is 0.577. The first kappa shape index (κ1) is 18.0. The zero-order valence-corrected chi connectivity index (χ0v) is 15.6. The molecule has 0 N–H and O–H groups in total. The zero-order chi connectivity index (χ0) is 18.2. The van der Waals surface area contributed by atoms with E-state index < -0.39 is 9.84 Å². The van der Waals surface area contributed by atoms with Crippen molar-refractivity contribution in [2.24, 2.45) is 0 Å². The van der Waals surface area contributed by atoms with Gasteiger partial charge in [-0.05, 0) is 41.0 Å². The topological polar surface area (TPSA) is 60.4 Å². The molecule has 1 saturated heterocycles. The minimum atomic E-state index is -3.30. The Morgan fingerprint density at radius 2 is 1.64 bits per heavy atom. The van der Waals surface area contributed by atoms with E-state index in [-0.39, 0.29) is 10.9 Å². The highest BCUT2D eigenvalue weighted by Crippen LogP contribution is 2.35. The van der Waals surface area contributed by atoms with Crippen LogP contribution in [-0.2, 0) is 19.4 Å². The Labute approximate surface area is 155 Å². The Morgan fingerprint density at radius 1 is 1.00 bits per heavy atom. The van der Waals surface area contributed by atoms with Gasteiger partial charge in [0.15, 0.2) is 9.84 Å². The first-order valence-electron chi connectivity index (χ1n) is 7.43. The standard InChI is InChI=1S/C18H14Cl2O4S/c1-25(22,23)13-5-2-11(3-6-13)17(14-8-9-24-18(14)21)12-4-7-15(19)16(20)10-12/h2-7,10H,8-9H2,1H3/b17-14+. The Kier molecular flexibility index (Phi) is 4.91. The molecule has 0 aromatic heterocycles. The first-order chi connectivity index (χ1) is 11.8. The van der Waals surface area contributed by atoms with Crippen molar-refractivity contribution in [1.29, 1.82) is 0 Å². The lowest BCUT2D eigenvalue weighted by atomic mass is 9.92. The van der Waals surface area contributed by atoms with Crippen LogP contribution in [0, 0.1) is 0 Å². The van der Waals surface area contributed by atoms with Crippen LogP contribution in [0.5, 0.6) is 0 Å². The highest BCUT2D eigenvalue weighted by molar-refractivity contribution is 7.90. The number of hydrogen-bond acceptors (Lipinski definition) is 4. The highest BCUT2D eigenvalue weighted by atomic mass is 35.5. The second kappa shape index (κ2) is 6.83. The van der Waals surface area contributed by atoms with Crippen molar-refractivity contribution in [3.8, 4) is 0 Å². The maximum absolute atomic E-state index is 12.1. The van der Waals surface area contributed by atoms with Gasteiger partial charge in [-0.2, -0.15) is 0 Å². The fourth-order valence-electron chi connectivity index (χ4n) is 2.70. The second-order valence-corrected chi connectivity index (χ2v) is 8.50. The molecule has 7 heteroatoms. The van der Waals surface area contributed by atoms with Crippen LogP contribution in [0.25, 0.3) is 5.57 Å². The van der Waals surface area contributed by atoms with Crippen LogP contribution in [-0.4, -0.2) is 27.2 Å². The number of cyclic esters (lactones) is 1. The third kappa shape index (κ3) is 3.73. The SMILES string of the molecule is CS(=O)(=O)c1ccc(/C(=C2/CCOC2=O)c2ccc(Cl)c(Cl)c2)cc1. The average Bonchev–Trinajstić information content (AvgIpc) is 2.97. The van der Waals surface area contributed by atoms with Crippen molar-refractivity contribution in [3.05, 3.63) is 69.2 Å². The highest BCUT2D eigenvalue weighted by Gasteiger charge is 2.25. The molecule has 0 spiro atoms. The Morgan fingerprint density at radius 3 is 2.16 bits per heavy atom. The Bertz CT molecular complexity index is 977. The van der Waals surface area contributed by atoms with Crippen LogP contribution in [0.3, 0.4) is 0 Å². The van der Waals surface area contributed by atoms with Gasteiger partial charge >= 0.3 is 5.97 Å². The van der Waals surface area contributed by atoms with Gasteiger partial charge in [-0.25, -0.2) is 13.2 Å². The van der Waals surface area contributed by atoms with Crippen LogP contribution >= 0.6 is 23.2 Å². The van der Waals surface area contributed by atoms with Crippen molar-refractivity contribution < 1.29 is 17.9 Å². The number of esters is 1. The molecule has 2 aromatic carbocycles. The minimum Gasteiger partial charge on any atom is -0.462 e. The van der Waals surface area contributed by atoms with Gasteiger partial charge in [0.05, 0.1) is 21.5 Å². The maximum atomic E-state index is 12.1. The molecule has 25 heavy (non-hydrogen) atoms. The number of carbonyl (C=O) groups excluding carboxylic acids is 1. The summed E-state index contributed by atoms with van der Waals surface area (Å²) in [5, 5.41) is 0.785. The predicted molar refractivity (Wildman–Crippen MR) is 97.6 cm³/mol. The predicted octanol–water partition coefficient (Wildman–Crippen LogP) is 4.15. The largest absolute Gasteiger partial charge is 0.462 e. The summed E-state index contributed by atoms with van der Waals surface area (Å²) in [5.41, 5.74) is 2.63. The van der Waals surface area contributed by atoms with Crippen molar-refractivity contribution in [1.82, 2.24) is 0 Å². The van der Waals surface area contributed by atoms with Crippen molar-refractivity contribution in [2.45, 2.75) is 11.3 Å². The molecule has 1 aliphatic heterocycles. The number of halogens is 2. The van der Waals surface area contributed by atoms with Crippen LogP contribution in [0.4, 0.5) is 0 Å². The van der Waals surface area contributed by atoms with Crippen molar-refractivity contribution in [3.63, 3.8) is 0 Å². The number of benzene rings is 2. The van der Waals surface area contributed by atoms with E-state index in [2.05, 4.69) is 0 Å². The number of carbonyl (C=O) groups is 1. The van der Waals surface area contributed by atoms with E-state index in [4.69, 9.17) is 27.9 Å². The molecule has 130 valence electrons. The normalized spacial score (nSPS) is 16.7. The van der Waals surface area contributed by atoms with Crippen molar-refractivity contribution in [2.75, 3.05) is 12.9 Å². The first-order valence-corrected chi connectivity index (χ1v) is 10.1. The van der Waals surface area contributed by atoms with Gasteiger partial charge in [0, 0.05) is 18.2 Å². The summed E-state index contributed by atoms with van der Waals surface area (Å²) in [6.45, 7) is 0.320. The van der Waals surface area contributed by atoms with E-state index in [1.807, 2.05) is 0 Å². The smallest absolute Gasteiger partial charge is 0.334 e. The zero-order valence-electron chi connectivity index (χ0n) is 13.3. The summed E-state index contributed by atoms with van der Waals surface area (Å²) in [7, 11) is -3.30. The van der Waals surface area contributed by atoms with E-state index in [0.717, 1.165) is 11.8 Å². The van der Waals surface area contributed by atoms with Gasteiger partial charge in [0.25, 0.3) is 0 Å². The second-order valence-electron chi connectivity index (χ2n) is 5.66. The summed E-state index contributed by atoms with van der Waals surface area (Å²) in [5.74, 6) is -0.381. The van der Waals surface area contributed by atoms with E-state index in [1.165, 1.54) is 12.1 Å². The monoisotopic (exact) mass is 396 g/mol. The molecule has 0 bridgehead atoms. The number of hydrogen-bond donors (Lipinski definition) is 0. The molecule has 3 rings (SSSR count). The summed E-state index contributed by atoms with van der Waals surface area (Å²) in [6.07, 6.45) is 1.62. The van der Waals surface area contributed by atoms with Gasteiger partial charge in [-0.1, -0.05) is 41.4 Å². The third-order valence-electron chi connectivity index (χ3n) is 3.91. The molecule has 2 aromatic rings. The van der Waals surface area contributed by atoms with Gasteiger partial charge in [-0.15, -0.1) is 0 Å². The van der Waals surface area contributed by atoms with E-state index in [1.54, 1.807) is 30.3 Å². The molecule has 0 atom stereocenters. The van der Waals surface area contributed by atoms with Gasteiger partial charge in [0.1, 0.15) is 0 Å². The lowest BCUT2D eigenvalue weighted by Gasteiger charge is -2.12. The lowest BCUT2D eigenvalue weighted by molar-refractivity contribution is -0.135. The van der Waals surface area contributed by atoms with Gasteiger partial charge in [0.2, 0.25) is 0 Å². The lowest BCUT2D eigenvalue weighted by Crippen LogP contribution is -2.02. The van der Waals surface area contributed by atoms with Crippen molar-refractivity contribution >= 4 is 44.6 Å². The Hall–Kier alpha value is -1.82. The van der Waals surface area contributed by atoms with E-state index >= 15 is 0 Å². The van der Waals surface area contributed by atoms with E-state index in [9.17, 15) is 13.2 Å². The minimum absolute atomic E-state index is 0.212. The molecule has 1 heterocycles. The van der Waals surface area contributed by atoms with Crippen LogP contribution in [0.1, 0.15) is 17.5 Å². The molecule has 1 aliphatic rings. The van der Waals surface area contributed by atoms with Gasteiger partial charge < -0.3 is 4.74 Å². The summed E-state index contributed by atoms with van der Waals surface area (Å²) >= 11 is 12.1. The average molecular weight is 397 g/mol. The molecular weight excluding hydrogens is 383 g/mol. The number of sulfone groups is 1. The fourth-order valence-corrected chi connectivity index (χ4v) is 3.63. The molecule has 0 amide bonds. The summed E-state index contributed by atoms with van der Waals surface area (Å²) < 4.78 is 28.4. The Balaban J connectivity index is 2.19. The fraction of sp³-hybridized carbons (Fsp3) is 0.167. The molecular formula is C18H14Cl2O4S.